The molecule has 1 amide bonds. The van der Waals surface area contributed by atoms with Crippen LogP contribution in [0.25, 0.3) is 5.69 Å². The van der Waals surface area contributed by atoms with E-state index in [1.54, 1.807) is 0 Å². The van der Waals surface area contributed by atoms with Gasteiger partial charge in [-0.25, -0.2) is 13.5 Å². The number of hydrogen-bond donors (Lipinski definition) is 2. The van der Waals surface area contributed by atoms with Crippen molar-refractivity contribution < 1.29 is 18.7 Å². The molecule has 0 aliphatic rings. The fourth-order valence-electron chi connectivity index (χ4n) is 2.44. The third-order valence-electron chi connectivity index (χ3n) is 3.40. The van der Waals surface area contributed by atoms with E-state index in [1.165, 1.54) is 18.3 Å². The molecule has 0 saturated heterocycles. The van der Waals surface area contributed by atoms with Gasteiger partial charge in [-0.15, -0.1) is 0 Å². The van der Waals surface area contributed by atoms with Gasteiger partial charge in [-0.2, -0.15) is 5.10 Å². The maximum absolute atomic E-state index is 13.8. The van der Waals surface area contributed by atoms with Gasteiger partial charge in [0, 0.05) is 6.20 Å². The molecule has 0 aliphatic carbocycles. The molecule has 0 spiro atoms. The fourth-order valence-corrected chi connectivity index (χ4v) is 2.44. The van der Waals surface area contributed by atoms with Gasteiger partial charge in [-0.3, -0.25) is 4.79 Å². The Morgan fingerprint density at radius 3 is 2.46 bits per heavy atom. The van der Waals surface area contributed by atoms with E-state index >= 15 is 0 Å². The van der Waals surface area contributed by atoms with Crippen molar-refractivity contribution in [1.82, 2.24) is 15.1 Å². The maximum atomic E-state index is 13.8. The van der Waals surface area contributed by atoms with Crippen LogP contribution in [-0.4, -0.2) is 33.4 Å². The normalized spacial score (nSPS) is 12.9. The molecule has 1 heterocycles. The summed E-state index contributed by atoms with van der Waals surface area (Å²) in [5.41, 5.74) is -0.397. The standard InChI is InChI=1S/C17H21F2N3O2/c1-17(2,3)9-11(10-23)20-16(24)14-7-8-22(21-14)15-12(18)5-4-6-13(15)19/h4-8,11,23H,9-10H2,1-3H3,(H,20,24). The van der Waals surface area contributed by atoms with Crippen LogP contribution in [0.4, 0.5) is 8.78 Å². The van der Waals surface area contributed by atoms with Crippen molar-refractivity contribution in [1.29, 1.82) is 0 Å². The lowest BCUT2D eigenvalue weighted by Crippen LogP contribution is -2.40. The van der Waals surface area contributed by atoms with E-state index in [0.29, 0.717) is 6.42 Å². The van der Waals surface area contributed by atoms with Gasteiger partial charge in [0.05, 0.1) is 12.6 Å². The molecule has 0 fully saturated rings. The van der Waals surface area contributed by atoms with E-state index < -0.39 is 23.6 Å². The minimum absolute atomic E-state index is 0.0185. The molecule has 0 radical (unpaired) electrons. The van der Waals surface area contributed by atoms with Gasteiger partial charge >= 0.3 is 0 Å². The van der Waals surface area contributed by atoms with Crippen molar-refractivity contribution in [3.05, 3.63) is 47.8 Å². The first-order valence-corrected chi connectivity index (χ1v) is 7.63. The van der Waals surface area contributed by atoms with Crippen LogP contribution in [0.1, 0.15) is 37.7 Å². The summed E-state index contributed by atoms with van der Waals surface area (Å²) in [4.78, 5) is 12.2. The number of rotatable bonds is 5. The third kappa shape index (κ3) is 4.38. The van der Waals surface area contributed by atoms with E-state index in [1.807, 2.05) is 20.8 Å². The van der Waals surface area contributed by atoms with Crippen LogP contribution in [0.5, 0.6) is 0 Å². The smallest absolute Gasteiger partial charge is 0.272 e. The van der Waals surface area contributed by atoms with Crippen LogP contribution in [-0.2, 0) is 0 Å². The number of carbonyl (C=O) groups excluding carboxylic acids is 1. The largest absolute Gasteiger partial charge is 0.394 e. The maximum Gasteiger partial charge on any atom is 0.272 e. The number of carbonyl (C=O) groups is 1. The first-order chi connectivity index (χ1) is 11.2. The predicted octanol–water partition coefficient (Wildman–Crippen LogP) is 2.68. The average Bonchev–Trinajstić information content (AvgIpc) is 2.94. The highest BCUT2D eigenvalue weighted by Gasteiger charge is 2.22. The Kier molecular flexibility index (Phi) is 5.33. The molecule has 1 unspecified atom stereocenters. The molecule has 2 N–H and O–H groups in total. The first kappa shape index (κ1) is 18.1. The van der Waals surface area contributed by atoms with Gasteiger partial charge in [0.25, 0.3) is 5.91 Å². The number of nitrogens with one attached hydrogen (secondary N) is 1. The first-order valence-electron chi connectivity index (χ1n) is 7.63. The molecular weight excluding hydrogens is 316 g/mol. The number of aromatic nitrogens is 2. The molecule has 2 rings (SSSR count). The number of hydrogen-bond acceptors (Lipinski definition) is 3. The summed E-state index contributed by atoms with van der Waals surface area (Å²) in [5, 5.41) is 16.0. The molecule has 7 heteroatoms. The Balaban J connectivity index is 2.17. The number of para-hydroxylation sites is 1. The quantitative estimate of drug-likeness (QED) is 0.881. The second-order valence-electron chi connectivity index (χ2n) is 6.83. The van der Waals surface area contributed by atoms with E-state index in [0.717, 1.165) is 16.8 Å². The molecule has 5 nitrogen and oxygen atoms in total. The molecule has 0 saturated carbocycles. The zero-order chi connectivity index (χ0) is 17.9. The molecule has 1 aromatic carbocycles. The van der Waals surface area contributed by atoms with Crippen molar-refractivity contribution in [3.8, 4) is 5.69 Å². The SMILES string of the molecule is CC(C)(C)CC(CO)NC(=O)c1ccn(-c2c(F)cccc2F)n1. The number of halogens is 2. The number of aliphatic hydroxyl groups excluding tert-OH is 1. The van der Waals surface area contributed by atoms with Gasteiger partial charge in [0.1, 0.15) is 5.69 Å². The summed E-state index contributed by atoms with van der Waals surface area (Å²) in [6.07, 6.45) is 1.89. The summed E-state index contributed by atoms with van der Waals surface area (Å²) in [7, 11) is 0. The molecule has 2 aromatic rings. The lowest BCUT2D eigenvalue weighted by Gasteiger charge is -2.25. The zero-order valence-electron chi connectivity index (χ0n) is 13.9. The van der Waals surface area contributed by atoms with Crippen molar-refractivity contribution in [2.24, 2.45) is 5.41 Å². The Hall–Kier alpha value is -2.28. The summed E-state index contributed by atoms with van der Waals surface area (Å²) in [5.74, 6) is -2.05. The van der Waals surface area contributed by atoms with Crippen LogP contribution < -0.4 is 5.32 Å². The minimum atomic E-state index is -0.772. The predicted molar refractivity (Wildman–Crippen MR) is 85.9 cm³/mol. The van der Waals surface area contributed by atoms with Gasteiger partial charge in [0.2, 0.25) is 0 Å². The summed E-state index contributed by atoms with van der Waals surface area (Å²) in [6.45, 7) is 5.79. The van der Waals surface area contributed by atoms with Crippen LogP contribution in [0.15, 0.2) is 30.5 Å². The molecule has 0 aliphatic heterocycles. The van der Waals surface area contributed by atoms with Crippen molar-refractivity contribution in [2.75, 3.05) is 6.61 Å². The highest BCUT2D eigenvalue weighted by molar-refractivity contribution is 5.92. The van der Waals surface area contributed by atoms with E-state index in [4.69, 9.17) is 0 Å². The zero-order valence-corrected chi connectivity index (χ0v) is 13.9. The van der Waals surface area contributed by atoms with E-state index in [-0.39, 0.29) is 23.4 Å². The Morgan fingerprint density at radius 2 is 1.92 bits per heavy atom. The average molecular weight is 337 g/mol. The van der Waals surface area contributed by atoms with Gasteiger partial charge in [-0.1, -0.05) is 26.8 Å². The number of nitrogens with zero attached hydrogens (tertiary/aromatic N) is 2. The highest BCUT2D eigenvalue weighted by atomic mass is 19.1. The number of amides is 1. The minimum Gasteiger partial charge on any atom is -0.394 e. The molecule has 130 valence electrons. The van der Waals surface area contributed by atoms with E-state index in [9.17, 15) is 18.7 Å². The molecule has 1 atom stereocenters. The third-order valence-corrected chi connectivity index (χ3v) is 3.40. The van der Waals surface area contributed by atoms with Crippen molar-refractivity contribution >= 4 is 5.91 Å². The molecule has 1 aromatic heterocycles. The van der Waals surface area contributed by atoms with Crippen LogP contribution >= 0.6 is 0 Å². The highest BCUT2D eigenvalue weighted by Crippen LogP contribution is 2.21. The fraction of sp³-hybridized carbons (Fsp3) is 0.412. The van der Waals surface area contributed by atoms with Gasteiger partial charge < -0.3 is 10.4 Å². The van der Waals surface area contributed by atoms with Crippen LogP contribution in [0.3, 0.4) is 0 Å². The second kappa shape index (κ2) is 7.09. The summed E-state index contributed by atoms with van der Waals surface area (Å²) >= 11 is 0. The van der Waals surface area contributed by atoms with Crippen LogP contribution in [0, 0.1) is 17.0 Å². The summed E-state index contributed by atoms with van der Waals surface area (Å²) in [6, 6.07) is 4.43. The molecule has 0 bridgehead atoms. The second-order valence-corrected chi connectivity index (χ2v) is 6.83. The monoisotopic (exact) mass is 337 g/mol. The Labute approximate surface area is 139 Å². The Morgan fingerprint density at radius 1 is 1.29 bits per heavy atom. The molecular formula is C17H21F2N3O2. The topological polar surface area (TPSA) is 67.2 Å². The van der Waals surface area contributed by atoms with Crippen molar-refractivity contribution in [3.63, 3.8) is 0 Å². The number of benzene rings is 1. The van der Waals surface area contributed by atoms with E-state index in [2.05, 4.69) is 10.4 Å². The van der Waals surface area contributed by atoms with Gasteiger partial charge in [-0.05, 0) is 30.0 Å². The van der Waals surface area contributed by atoms with Crippen molar-refractivity contribution in [2.45, 2.75) is 33.2 Å². The Bertz CT molecular complexity index is 703. The lowest BCUT2D eigenvalue weighted by molar-refractivity contribution is 0.0892. The number of aliphatic hydroxyl groups is 1. The lowest BCUT2D eigenvalue weighted by atomic mass is 9.88. The molecule has 24 heavy (non-hydrogen) atoms. The van der Waals surface area contributed by atoms with Crippen LogP contribution in [0.2, 0.25) is 0 Å². The van der Waals surface area contributed by atoms with Gasteiger partial charge in [0.15, 0.2) is 17.3 Å². The summed E-state index contributed by atoms with van der Waals surface area (Å²) < 4.78 is 28.5.